The van der Waals surface area contributed by atoms with E-state index in [9.17, 15) is 0 Å². The van der Waals surface area contributed by atoms with E-state index < -0.39 is 0 Å². The molecule has 0 radical (unpaired) electrons. The van der Waals surface area contributed by atoms with Crippen LogP contribution in [-0.2, 0) is 6.54 Å². The van der Waals surface area contributed by atoms with Crippen LogP contribution in [0.15, 0.2) is 60.7 Å². The predicted molar refractivity (Wildman–Crippen MR) is 89.0 cm³/mol. The lowest BCUT2D eigenvalue weighted by Gasteiger charge is -2.22. The van der Waals surface area contributed by atoms with Crippen molar-refractivity contribution in [2.45, 2.75) is 20.4 Å². The molecule has 2 rings (SSSR count). The second-order valence-electron chi connectivity index (χ2n) is 5.59. The molecule has 0 aliphatic carbocycles. The summed E-state index contributed by atoms with van der Waals surface area (Å²) < 4.78 is 0. The Balaban J connectivity index is 2.07. The fourth-order valence-corrected chi connectivity index (χ4v) is 2.78. The van der Waals surface area contributed by atoms with E-state index in [0.29, 0.717) is 0 Å². The van der Waals surface area contributed by atoms with Crippen LogP contribution in [0.1, 0.15) is 19.4 Å². The monoisotopic (exact) mass is 284 g/mol. The molecule has 2 N–H and O–H groups in total. The number of benzene rings is 2. The van der Waals surface area contributed by atoms with Crippen molar-refractivity contribution in [2.24, 2.45) is 0 Å². The number of hydrogen-bond acceptors (Lipinski definition) is 0. The zero-order valence-electron chi connectivity index (χ0n) is 13.3. The van der Waals surface area contributed by atoms with Gasteiger partial charge in [-0.3, -0.25) is 4.90 Å². The molecule has 0 aromatic heterocycles. The van der Waals surface area contributed by atoms with Gasteiger partial charge in [-0.1, -0.05) is 48.5 Å². The molecule has 2 aromatic carbocycles. The fourth-order valence-electron chi connectivity index (χ4n) is 2.78. The number of nitrogens with one attached hydrogen (secondary N) is 2. The smallest absolute Gasteiger partial charge is 0.132 e. The van der Waals surface area contributed by atoms with Gasteiger partial charge in [0.2, 0.25) is 0 Å². The van der Waals surface area contributed by atoms with E-state index in [2.05, 4.69) is 74.5 Å². The highest BCUT2D eigenvalue weighted by molar-refractivity contribution is 5.28. The van der Waals surface area contributed by atoms with Crippen molar-refractivity contribution in [1.82, 2.24) is 0 Å². The van der Waals surface area contributed by atoms with Crippen molar-refractivity contribution in [3.8, 4) is 0 Å². The molecule has 1 unspecified atom stereocenters. The molecular weight excluding hydrogens is 256 g/mol. The Hall–Kier alpha value is -1.64. The molecule has 0 heterocycles. The summed E-state index contributed by atoms with van der Waals surface area (Å²) in [5.41, 5.74) is 2.80. The van der Waals surface area contributed by atoms with E-state index in [4.69, 9.17) is 0 Å². The van der Waals surface area contributed by atoms with Crippen LogP contribution in [-0.4, -0.2) is 26.2 Å². The first-order valence-corrected chi connectivity index (χ1v) is 8.11. The topological polar surface area (TPSA) is 8.88 Å². The van der Waals surface area contributed by atoms with Crippen LogP contribution < -0.4 is 9.80 Å². The highest BCUT2D eigenvalue weighted by atomic mass is 15.2. The van der Waals surface area contributed by atoms with Crippen LogP contribution in [0.25, 0.3) is 0 Å². The molecule has 0 saturated carbocycles. The summed E-state index contributed by atoms with van der Waals surface area (Å²) in [7, 11) is 0. The Bertz CT molecular complexity index is 491. The summed E-state index contributed by atoms with van der Waals surface area (Å²) in [6, 6.07) is 21.7. The summed E-state index contributed by atoms with van der Waals surface area (Å²) in [4.78, 5) is 3.23. The maximum Gasteiger partial charge on any atom is 0.132 e. The maximum atomic E-state index is 2.28. The Morgan fingerprint density at radius 2 is 1.29 bits per heavy atom. The molecule has 2 aromatic rings. The molecule has 0 bridgehead atoms. The molecule has 2 nitrogen and oxygen atoms in total. The first kappa shape index (κ1) is 15.7. The van der Waals surface area contributed by atoms with Crippen molar-refractivity contribution in [3.63, 3.8) is 0 Å². The maximum absolute atomic E-state index is 2.28. The zero-order chi connectivity index (χ0) is 14.9. The normalized spacial score (nSPS) is 12.5. The lowest BCUT2D eigenvalue weighted by molar-refractivity contribution is -0.935. The molecule has 2 heteroatoms. The second kappa shape index (κ2) is 8.60. The van der Waals surface area contributed by atoms with Gasteiger partial charge in [0, 0.05) is 5.56 Å². The van der Waals surface area contributed by atoms with Crippen LogP contribution in [0.4, 0.5) is 5.69 Å². The molecule has 112 valence electrons. The molecule has 1 atom stereocenters. The van der Waals surface area contributed by atoms with Gasteiger partial charge in [-0.2, -0.15) is 0 Å². The van der Waals surface area contributed by atoms with Gasteiger partial charge in [0.1, 0.15) is 25.3 Å². The van der Waals surface area contributed by atoms with Crippen LogP contribution >= 0.6 is 0 Å². The van der Waals surface area contributed by atoms with Gasteiger partial charge in [0.05, 0.1) is 13.1 Å². The molecule has 0 saturated heterocycles. The van der Waals surface area contributed by atoms with Crippen LogP contribution in [0.3, 0.4) is 0 Å². The van der Waals surface area contributed by atoms with E-state index in [-0.39, 0.29) is 0 Å². The summed E-state index contributed by atoms with van der Waals surface area (Å²) in [6.07, 6.45) is 0. The first-order valence-electron chi connectivity index (χ1n) is 8.11. The van der Waals surface area contributed by atoms with E-state index in [1.165, 1.54) is 37.4 Å². The quantitative estimate of drug-likeness (QED) is 0.724. The van der Waals surface area contributed by atoms with E-state index >= 15 is 0 Å². The summed E-state index contributed by atoms with van der Waals surface area (Å²) >= 11 is 0. The van der Waals surface area contributed by atoms with E-state index in [1.54, 1.807) is 9.80 Å². The Morgan fingerprint density at radius 1 is 0.714 bits per heavy atom. The minimum absolute atomic E-state index is 1.06. The Kier molecular flexibility index (Phi) is 6.45. The third kappa shape index (κ3) is 5.00. The molecule has 0 amide bonds. The van der Waals surface area contributed by atoms with Gasteiger partial charge in [-0.15, -0.1) is 0 Å². The van der Waals surface area contributed by atoms with Crippen molar-refractivity contribution >= 4 is 5.69 Å². The van der Waals surface area contributed by atoms with Crippen molar-refractivity contribution in [1.29, 1.82) is 0 Å². The van der Waals surface area contributed by atoms with Crippen molar-refractivity contribution in [3.05, 3.63) is 66.2 Å². The minimum Gasteiger partial charge on any atom is -0.331 e. The molecule has 0 aliphatic heterocycles. The minimum atomic E-state index is 1.06. The predicted octanol–water partition coefficient (Wildman–Crippen LogP) is 1.33. The number of likely N-dealkylation sites (N-methyl/N-ethyl adjacent to an activating group) is 1. The third-order valence-electron chi connectivity index (χ3n) is 4.22. The van der Waals surface area contributed by atoms with Gasteiger partial charge in [-0.05, 0) is 26.0 Å². The standard InChI is InChI=1S/C19H26N2/c1-3-20(4-2)15-16-21(19-13-9-6-10-14-19)17-18-11-7-5-8-12-18/h5-14H,3-4,15-17H2,1-2H3/p+2. The van der Waals surface area contributed by atoms with Gasteiger partial charge < -0.3 is 4.90 Å². The fraction of sp³-hybridized carbons (Fsp3) is 0.368. The average Bonchev–Trinajstić information content (AvgIpc) is 2.56. The first-order chi connectivity index (χ1) is 10.3. The average molecular weight is 284 g/mol. The molecule has 0 aliphatic rings. The zero-order valence-corrected chi connectivity index (χ0v) is 13.3. The second-order valence-corrected chi connectivity index (χ2v) is 5.59. The number of quaternary nitrogens is 2. The molecule has 0 spiro atoms. The van der Waals surface area contributed by atoms with Crippen LogP contribution in [0, 0.1) is 0 Å². The molecule has 0 fully saturated rings. The number of rotatable bonds is 8. The Morgan fingerprint density at radius 3 is 1.86 bits per heavy atom. The van der Waals surface area contributed by atoms with Crippen molar-refractivity contribution in [2.75, 3.05) is 26.2 Å². The van der Waals surface area contributed by atoms with Gasteiger partial charge >= 0.3 is 0 Å². The van der Waals surface area contributed by atoms with E-state index in [1.807, 2.05) is 0 Å². The number of para-hydroxylation sites is 1. The number of hydrogen-bond donors (Lipinski definition) is 2. The highest BCUT2D eigenvalue weighted by Crippen LogP contribution is 2.01. The van der Waals surface area contributed by atoms with Gasteiger partial charge in [-0.25, -0.2) is 0 Å². The summed E-state index contributed by atoms with van der Waals surface area (Å²) in [5.74, 6) is 0. The third-order valence-corrected chi connectivity index (χ3v) is 4.22. The highest BCUT2D eigenvalue weighted by Gasteiger charge is 2.15. The van der Waals surface area contributed by atoms with Crippen molar-refractivity contribution < 1.29 is 9.80 Å². The lowest BCUT2D eigenvalue weighted by Crippen LogP contribution is -3.17. The summed E-state index contributed by atoms with van der Waals surface area (Å²) in [6.45, 7) is 10.4. The largest absolute Gasteiger partial charge is 0.331 e. The molecule has 21 heavy (non-hydrogen) atoms. The van der Waals surface area contributed by atoms with Gasteiger partial charge in [0.15, 0.2) is 0 Å². The van der Waals surface area contributed by atoms with Crippen LogP contribution in [0.2, 0.25) is 0 Å². The van der Waals surface area contributed by atoms with E-state index in [0.717, 1.165) is 6.54 Å². The SMILES string of the molecule is CC[NH+](CC)CC[NH+](Cc1ccccc1)c1ccccc1. The molecular formula is C19H28N2+2. The van der Waals surface area contributed by atoms with Crippen LogP contribution in [0.5, 0.6) is 0 Å². The lowest BCUT2D eigenvalue weighted by atomic mass is 10.2. The Labute approximate surface area is 129 Å². The summed E-state index contributed by atoms with van der Waals surface area (Å²) in [5, 5.41) is 0. The van der Waals surface area contributed by atoms with Gasteiger partial charge in [0.25, 0.3) is 0 Å².